The molecule has 0 aliphatic rings. The molecule has 0 fully saturated rings. The average molecular weight is 429 g/mol. The molecule has 150 valence electrons. The van der Waals surface area contributed by atoms with Crippen LogP contribution in [0.5, 0.6) is 0 Å². The van der Waals surface area contributed by atoms with Crippen LogP contribution in [0.2, 0.25) is 5.02 Å². The van der Waals surface area contributed by atoms with Gasteiger partial charge in [-0.25, -0.2) is 9.67 Å². The van der Waals surface area contributed by atoms with Crippen molar-refractivity contribution in [1.82, 2.24) is 25.6 Å². The zero-order chi connectivity index (χ0) is 21.1. The highest BCUT2D eigenvalue weighted by molar-refractivity contribution is 7.80. The first-order valence-corrected chi connectivity index (χ1v) is 9.68. The van der Waals surface area contributed by atoms with Crippen molar-refractivity contribution in [1.29, 1.82) is 0 Å². The molecule has 0 aliphatic heterocycles. The lowest BCUT2D eigenvalue weighted by Crippen LogP contribution is -2.44. The van der Waals surface area contributed by atoms with Crippen molar-refractivity contribution in [2.24, 2.45) is 0 Å². The van der Waals surface area contributed by atoms with Gasteiger partial charge in [-0.1, -0.05) is 23.7 Å². The summed E-state index contributed by atoms with van der Waals surface area (Å²) in [6.45, 7) is 7.81. The zero-order valence-corrected chi connectivity index (χ0v) is 18.1. The van der Waals surface area contributed by atoms with Crippen LogP contribution in [0.1, 0.15) is 33.0 Å². The maximum absolute atomic E-state index is 12.6. The topological polar surface area (TPSA) is 83.9 Å². The summed E-state index contributed by atoms with van der Waals surface area (Å²) in [4.78, 5) is 16.9. The molecule has 0 saturated carbocycles. The Labute approximate surface area is 179 Å². The molecular formula is C20H21ClN6OS. The van der Waals surface area contributed by atoms with Gasteiger partial charge in [0.05, 0.1) is 10.7 Å². The second-order valence-corrected chi connectivity index (χ2v) is 7.43. The Hall–Kier alpha value is -2.97. The van der Waals surface area contributed by atoms with E-state index in [1.54, 1.807) is 16.8 Å². The van der Waals surface area contributed by atoms with Crippen LogP contribution >= 0.6 is 23.8 Å². The van der Waals surface area contributed by atoms with E-state index in [-0.39, 0.29) is 15.8 Å². The summed E-state index contributed by atoms with van der Waals surface area (Å²) in [6, 6.07) is 11.1. The van der Waals surface area contributed by atoms with Crippen molar-refractivity contribution < 1.29 is 4.79 Å². The Kier molecular flexibility index (Phi) is 6.14. The minimum atomic E-state index is -0.511. The van der Waals surface area contributed by atoms with E-state index >= 15 is 0 Å². The fourth-order valence-electron chi connectivity index (χ4n) is 2.78. The molecule has 0 radical (unpaired) electrons. The molecule has 3 rings (SSSR count). The van der Waals surface area contributed by atoms with Gasteiger partial charge in [0.1, 0.15) is 0 Å². The summed E-state index contributed by atoms with van der Waals surface area (Å²) in [5.74, 6) is -0.00951. The van der Waals surface area contributed by atoms with Crippen LogP contribution in [0.3, 0.4) is 0 Å². The molecule has 0 spiro atoms. The maximum atomic E-state index is 12.6. The third-order valence-electron chi connectivity index (χ3n) is 4.42. The van der Waals surface area contributed by atoms with E-state index in [4.69, 9.17) is 23.8 Å². The van der Waals surface area contributed by atoms with Crippen molar-refractivity contribution in [3.63, 3.8) is 0 Å². The molecule has 9 heteroatoms. The second-order valence-electron chi connectivity index (χ2n) is 6.62. The molecule has 0 unspecified atom stereocenters. The minimum absolute atomic E-state index is 0.0683. The number of hydrogen-bond donors (Lipinski definition) is 3. The highest BCUT2D eigenvalue weighted by Crippen LogP contribution is 2.19. The van der Waals surface area contributed by atoms with Crippen LogP contribution in [-0.2, 0) is 0 Å². The Morgan fingerprint density at radius 3 is 2.55 bits per heavy atom. The highest BCUT2D eigenvalue weighted by atomic mass is 35.5. The Bertz CT molecular complexity index is 1090. The van der Waals surface area contributed by atoms with Gasteiger partial charge in [-0.15, -0.1) is 0 Å². The van der Waals surface area contributed by atoms with Gasteiger partial charge >= 0.3 is 0 Å². The number of hydrogen-bond acceptors (Lipinski definition) is 4. The van der Waals surface area contributed by atoms with E-state index in [0.29, 0.717) is 5.82 Å². The second kappa shape index (κ2) is 8.59. The summed E-state index contributed by atoms with van der Waals surface area (Å²) in [7, 11) is 0. The van der Waals surface area contributed by atoms with Gasteiger partial charge in [-0.05, 0) is 75.3 Å². The van der Waals surface area contributed by atoms with Crippen molar-refractivity contribution in [3.05, 3.63) is 69.6 Å². The van der Waals surface area contributed by atoms with Gasteiger partial charge in [0.25, 0.3) is 5.91 Å². The highest BCUT2D eigenvalue weighted by Gasteiger charge is 2.15. The number of anilines is 1. The smallest absolute Gasteiger partial charge is 0.289 e. The molecule has 3 N–H and O–H groups in total. The number of benzene rings is 1. The molecule has 29 heavy (non-hydrogen) atoms. The number of amides is 1. The van der Waals surface area contributed by atoms with Crippen molar-refractivity contribution in [2.75, 3.05) is 5.32 Å². The first kappa shape index (κ1) is 20.8. The van der Waals surface area contributed by atoms with Crippen LogP contribution in [0.25, 0.3) is 5.82 Å². The van der Waals surface area contributed by atoms with Gasteiger partial charge in [0, 0.05) is 11.4 Å². The standard InChI is InChI=1S/C20H21ClN6OS/c1-11-6-5-7-16(14(11)4)22-20(29)25-24-19(28)18-15(21)8-9-17(23-18)27-13(3)10-12(2)26-27/h5-10H,1-4H3,(H,24,28)(H2,22,25,29). The first-order chi connectivity index (χ1) is 13.8. The SMILES string of the molecule is Cc1cc(C)n(-c2ccc(Cl)c(C(=O)NNC(=S)Nc3cccc(C)c3C)n2)n1. The summed E-state index contributed by atoms with van der Waals surface area (Å²) in [6.07, 6.45) is 0. The Balaban J connectivity index is 1.70. The third kappa shape index (κ3) is 4.72. The Morgan fingerprint density at radius 1 is 1.10 bits per heavy atom. The molecule has 2 heterocycles. The monoisotopic (exact) mass is 428 g/mol. The molecule has 1 aromatic carbocycles. The van der Waals surface area contributed by atoms with Gasteiger partial charge in [0.2, 0.25) is 0 Å². The van der Waals surface area contributed by atoms with Gasteiger partial charge in [0.15, 0.2) is 16.6 Å². The van der Waals surface area contributed by atoms with Gasteiger partial charge in [-0.2, -0.15) is 5.10 Å². The number of halogens is 1. The number of pyridine rings is 1. The lowest BCUT2D eigenvalue weighted by molar-refractivity contribution is 0.0939. The van der Waals surface area contributed by atoms with Crippen molar-refractivity contribution >= 4 is 40.5 Å². The van der Waals surface area contributed by atoms with E-state index in [1.165, 1.54) is 0 Å². The lowest BCUT2D eigenvalue weighted by atomic mass is 10.1. The molecule has 2 aromatic heterocycles. The average Bonchev–Trinajstić information content (AvgIpc) is 3.02. The number of aromatic nitrogens is 3. The predicted molar refractivity (Wildman–Crippen MR) is 119 cm³/mol. The van der Waals surface area contributed by atoms with E-state index in [0.717, 1.165) is 28.2 Å². The fourth-order valence-corrected chi connectivity index (χ4v) is 3.13. The minimum Gasteiger partial charge on any atom is -0.331 e. The van der Waals surface area contributed by atoms with Crippen molar-refractivity contribution in [3.8, 4) is 5.82 Å². The molecule has 0 atom stereocenters. The van der Waals surface area contributed by atoms with Gasteiger partial charge < -0.3 is 5.32 Å². The van der Waals surface area contributed by atoms with Gasteiger partial charge in [-0.3, -0.25) is 15.6 Å². The van der Waals surface area contributed by atoms with E-state index in [1.807, 2.05) is 52.0 Å². The van der Waals surface area contributed by atoms with Crippen LogP contribution in [-0.4, -0.2) is 25.8 Å². The molecule has 0 aliphatic carbocycles. The number of carbonyl (C=O) groups is 1. The Morgan fingerprint density at radius 2 is 1.86 bits per heavy atom. The van der Waals surface area contributed by atoms with Crippen LogP contribution in [0.4, 0.5) is 5.69 Å². The largest absolute Gasteiger partial charge is 0.331 e. The van der Waals surface area contributed by atoms with E-state index < -0.39 is 5.91 Å². The molecule has 3 aromatic rings. The number of aryl methyl sites for hydroxylation is 3. The number of nitrogens with one attached hydrogen (secondary N) is 3. The summed E-state index contributed by atoms with van der Waals surface area (Å²) in [5, 5.41) is 7.91. The van der Waals surface area contributed by atoms with Crippen molar-refractivity contribution in [2.45, 2.75) is 27.7 Å². The first-order valence-electron chi connectivity index (χ1n) is 8.90. The quantitative estimate of drug-likeness (QED) is 0.435. The molecular weight excluding hydrogens is 408 g/mol. The predicted octanol–water partition coefficient (Wildman–Crippen LogP) is 3.79. The van der Waals surface area contributed by atoms with E-state index in [9.17, 15) is 4.79 Å². The number of carbonyl (C=O) groups excluding carboxylic acids is 1. The normalized spacial score (nSPS) is 10.5. The fraction of sp³-hybridized carbons (Fsp3) is 0.200. The number of rotatable bonds is 3. The zero-order valence-electron chi connectivity index (χ0n) is 16.5. The molecule has 7 nitrogen and oxygen atoms in total. The number of nitrogens with zero attached hydrogens (tertiary/aromatic N) is 3. The number of thiocarbonyl (C=S) groups is 1. The number of hydrazine groups is 1. The molecule has 1 amide bonds. The van der Waals surface area contributed by atoms with Crippen LogP contribution in [0, 0.1) is 27.7 Å². The third-order valence-corrected chi connectivity index (χ3v) is 4.92. The summed E-state index contributed by atoms with van der Waals surface area (Å²) >= 11 is 11.4. The maximum Gasteiger partial charge on any atom is 0.289 e. The summed E-state index contributed by atoms with van der Waals surface area (Å²) < 4.78 is 1.66. The van der Waals surface area contributed by atoms with Crippen LogP contribution in [0.15, 0.2) is 36.4 Å². The van der Waals surface area contributed by atoms with Crippen LogP contribution < -0.4 is 16.2 Å². The molecule has 0 saturated heterocycles. The molecule has 0 bridgehead atoms. The lowest BCUT2D eigenvalue weighted by Gasteiger charge is -2.14. The summed E-state index contributed by atoms with van der Waals surface area (Å²) in [5.41, 5.74) is 10.1. The van der Waals surface area contributed by atoms with E-state index in [2.05, 4.69) is 26.3 Å².